The number of pyridine rings is 1. The molecule has 0 aliphatic heterocycles. The van der Waals surface area contributed by atoms with Gasteiger partial charge in [-0.05, 0) is 31.0 Å². The van der Waals surface area contributed by atoms with E-state index in [2.05, 4.69) is 4.98 Å². The van der Waals surface area contributed by atoms with Crippen molar-refractivity contribution >= 4 is 0 Å². The van der Waals surface area contributed by atoms with Gasteiger partial charge in [-0.15, -0.1) is 0 Å². The third kappa shape index (κ3) is 3.08. The van der Waals surface area contributed by atoms with Crippen molar-refractivity contribution < 1.29 is 4.74 Å². The standard InChI is InChI=1S/C15H18N2O/c1-11-8-14(12(2)16)9-17-15(11)18-10-13-6-4-3-5-7-13/h3-9,12H,10,16H2,1-2H3/t12-/m1/s1. The molecule has 0 amide bonds. The largest absolute Gasteiger partial charge is 0.473 e. The van der Waals surface area contributed by atoms with Crippen LogP contribution in [-0.2, 0) is 6.61 Å². The molecule has 2 aromatic rings. The number of benzene rings is 1. The fraction of sp³-hybridized carbons (Fsp3) is 0.267. The molecule has 0 saturated heterocycles. The fourth-order valence-corrected chi connectivity index (χ4v) is 1.71. The van der Waals surface area contributed by atoms with Crippen LogP contribution in [0.4, 0.5) is 0 Å². The van der Waals surface area contributed by atoms with Crippen LogP contribution in [0.1, 0.15) is 29.7 Å². The van der Waals surface area contributed by atoms with Crippen LogP contribution in [0.2, 0.25) is 0 Å². The van der Waals surface area contributed by atoms with Crippen LogP contribution in [0.25, 0.3) is 0 Å². The Labute approximate surface area is 108 Å². The van der Waals surface area contributed by atoms with Crippen LogP contribution in [0.15, 0.2) is 42.6 Å². The average Bonchev–Trinajstić information content (AvgIpc) is 2.38. The molecule has 94 valence electrons. The summed E-state index contributed by atoms with van der Waals surface area (Å²) in [6.45, 7) is 4.46. The van der Waals surface area contributed by atoms with Crippen molar-refractivity contribution in [3.05, 3.63) is 59.3 Å². The maximum Gasteiger partial charge on any atom is 0.216 e. The quantitative estimate of drug-likeness (QED) is 0.896. The number of rotatable bonds is 4. The predicted octanol–water partition coefficient (Wildman–Crippen LogP) is 2.99. The molecule has 1 aromatic heterocycles. The van der Waals surface area contributed by atoms with Crippen molar-refractivity contribution in [2.24, 2.45) is 5.73 Å². The Hall–Kier alpha value is -1.87. The zero-order valence-corrected chi connectivity index (χ0v) is 10.8. The number of aryl methyl sites for hydroxylation is 1. The number of nitrogens with two attached hydrogens (primary N) is 1. The van der Waals surface area contributed by atoms with E-state index in [9.17, 15) is 0 Å². The van der Waals surface area contributed by atoms with Gasteiger partial charge in [0.15, 0.2) is 0 Å². The second kappa shape index (κ2) is 5.65. The summed E-state index contributed by atoms with van der Waals surface area (Å²) >= 11 is 0. The number of hydrogen-bond acceptors (Lipinski definition) is 3. The van der Waals surface area contributed by atoms with E-state index in [4.69, 9.17) is 10.5 Å². The van der Waals surface area contributed by atoms with E-state index in [1.165, 1.54) is 0 Å². The molecule has 3 heteroatoms. The monoisotopic (exact) mass is 242 g/mol. The van der Waals surface area contributed by atoms with E-state index < -0.39 is 0 Å². The molecule has 0 saturated carbocycles. The molecule has 0 aliphatic rings. The molecule has 0 fully saturated rings. The summed E-state index contributed by atoms with van der Waals surface area (Å²) in [5.41, 5.74) is 8.99. The normalized spacial score (nSPS) is 12.2. The molecule has 18 heavy (non-hydrogen) atoms. The molecule has 2 N–H and O–H groups in total. The van der Waals surface area contributed by atoms with Gasteiger partial charge in [0.25, 0.3) is 0 Å². The van der Waals surface area contributed by atoms with E-state index in [0.717, 1.165) is 16.7 Å². The van der Waals surface area contributed by atoms with E-state index in [0.29, 0.717) is 12.5 Å². The van der Waals surface area contributed by atoms with E-state index in [1.54, 1.807) is 6.20 Å². The highest BCUT2D eigenvalue weighted by Gasteiger charge is 2.06. The molecule has 1 heterocycles. The first-order valence-corrected chi connectivity index (χ1v) is 6.05. The molecule has 1 atom stereocenters. The first-order valence-electron chi connectivity index (χ1n) is 6.05. The molecule has 0 bridgehead atoms. The lowest BCUT2D eigenvalue weighted by molar-refractivity contribution is 0.291. The van der Waals surface area contributed by atoms with Crippen LogP contribution >= 0.6 is 0 Å². The molecule has 2 rings (SSSR count). The highest BCUT2D eigenvalue weighted by Crippen LogP contribution is 2.19. The molecule has 0 aliphatic carbocycles. The van der Waals surface area contributed by atoms with Gasteiger partial charge in [0.05, 0.1) is 0 Å². The zero-order valence-electron chi connectivity index (χ0n) is 10.8. The third-order valence-electron chi connectivity index (χ3n) is 2.80. The lowest BCUT2D eigenvalue weighted by atomic mass is 10.1. The Morgan fingerprint density at radius 3 is 2.61 bits per heavy atom. The summed E-state index contributed by atoms with van der Waals surface area (Å²) < 4.78 is 5.71. The lowest BCUT2D eigenvalue weighted by Crippen LogP contribution is -2.07. The van der Waals surface area contributed by atoms with Gasteiger partial charge in [-0.2, -0.15) is 0 Å². The highest BCUT2D eigenvalue weighted by atomic mass is 16.5. The fourth-order valence-electron chi connectivity index (χ4n) is 1.71. The maximum absolute atomic E-state index is 5.82. The van der Waals surface area contributed by atoms with Gasteiger partial charge < -0.3 is 10.5 Å². The van der Waals surface area contributed by atoms with Gasteiger partial charge in [-0.3, -0.25) is 0 Å². The molecule has 0 unspecified atom stereocenters. The van der Waals surface area contributed by atoms with Crippen molar-refractivity contribution in [1.82, 2.24) is 4.98 Å². The Balaban J connectivity index is 2.06. The number of ether oxygens (including phenoxy) is 1. The SMILES string of the molecule is Cc1cc([C@@H](C)N)cnc1OCc1ccccc1. The Morgan fingerprint density at radius 2 is 2.00 bits per heavy atom. The zero-order chi connectivity index (χ0) is 13.0. The number of nitrogens with zero attached hydrogens (tertiary/aromatic N) is 1. The van der Waals surface area contributed by atoms with Gasteiger partial charge in [0, 0.05) is 17.8 Å². The second-order valence-corrected chi connectivity index (χ2v) is 4.45. The van der Waals surface area contributed by atoms with Crippen molar-refractivity contribution in [1.29, 1.82) is 0 Å². The summed E-state index contributed by atoms with van der Waals surface area (Å²) in [5.74, 6) is 0.670. The topological polar surface area (TPSA) is 48.1 Å². The smallest absolute Gasteiger partial charge is 0.216 e. The van der Waals surface area contributed by atoms with Gasteiger partial charge >= 0.3 is 0 Å². The minimum atomic E-state index is -0.000580. The Kier molecular flexibility index (Phi) is 3.95. The molecule has 0 spiro atoms. The Bertz CT molecular complexity index is 509. The van der Waals surface area contributed by atoms with Crippen molar-refractivity contribution in [2.75, 3.05) is 0 Å². The van der Waals surface area contributed by atoms with E-state index in [1.807, 2.05) is 50.2 Å². The van der Waals surface area contributed by atoms with Crippen molar-refractivity contribution in [3.8, 4) is 5.88 Å². The molecular formula is C15H18N2O. The minimum absolute atomic E-state index is 0.000580. The van der Waals surface area contributed by atoms with Gasteiger partial charge in [0.1, 0.15) is 6.61 Å². The van der Waals surface area contributed by atoms with Crippen molar-refractivity contribution in [2.45, 2.75) is 26.5 Å². The van der Waals surface area contributed by atoms with Crippen LogP contribution in [0.3, 0.4) is 0 Å². The average molecular weight is 242 g/mol. The van der Waals surface area contributed by atoms with Crippen LogP contribution < -0.4 is 10.5 Å². The first kappa shape index (κ1) is 12.6. The van der Waals surface area contributed by atoms with E-state index in [-0.39, 0.29) is 6.04 Å². The minimum Gasteiger partial charge on any atom is -0.473 e. The summed E-state index contributed by atoms with van der Waals surface area (Å²) in [6.07, 6.45) is 1.78. The summed E-state index contributed by atoms with van der Waals surface area (Å²) in [5, 5.41) is 0. The van der Waals surface area contributed by atoms with Gasteiger partial charge in [-0.25, -0.2) is 4.98 Å². The Morgan fingerprint density at radius 1 is 1.28 bits per heavy atom. The van der Waals surface area contributed by atoms with Crippen LogP contribution in [0, 0.1) is 6.92 Å². The predicted molar refractivity (Wildman–Crippen MR) is 72.4 cm³/mol. The summed E-state index contributed by atoms with van der Waals surface area (Å²) in [7, 11) is 0. The molecule has 0 radical (unpaired) electrons. The molecule has 3 nitrogen and oxygen atoms in total. The van der Waals surface area contributed by atoms with Crippen molar-refractivity contribution in [3.63, 3.8) is 0 Å². The second-order valence-electron chi connectivity index (χ2n) is 4.45. The first-order chi connectivity index (χ1) is 8.66. The van der Waals surface area contributed by atoms with Gasteiger partial charge in [-0.1, -0.05) is 30.3 Å². The lowest BCUT2D eigenvalue weighted by Gasteiger charge is -2.11. The number of hydrogen-bond donors (Lipinski definition) is 1. The molecular weight excluding hydrogens is 224 g/mol. The molecule has 1 aromatic carbocycles. The van der Waals surface area contributed by atoms with Crippen LogP contribution in [-0.4, -0.2) is 4.98 Å². The van der Waals surface area contributed by atoms with Crippen LogP contribution in [0.5, 0.6) is 5.88 Å². The van der Waals surface area contributed by atoms with Gasteiger partial charge in [0.2, 0.25) is 5.88 Å². The number of aromatic nitrogens is 1. The summed E-state index contributed by atoms with van der Waals surface area (Å²) in [4.78, 5) is 4.31. The third-order valence-corrected chi connectivity index (χ3v) is 2.80. The maximum atomic E-state index is 5.82. The van der Waals surface area contributed by atoms with E-state index >= 15 is 0 Å². The highest BCUT2D eigenvalue weighted by molar-refractivity contribution is 5.30. The summed E-state index contributed by atoms with van der Waals surface area (Å²) in [6, 6.07) is 12.1.